The van der Waals surface area contributed by atoms with Gasteiger partial charge in [0, 0.05) is 31.4 Å². The number of ether oxygens (including phenoxy) is 1. The van der Waals surface area contributed by atoms with Gasteiger partial charge in [-0.2, -0.15) is 10.2 Å². The molecule has 0 unspecified atom stereocenters. The average molecular weight is 511 g/mol. The van der Waals surface area contributed by atoms with Crippen LogP contribution in [0.2, 0.25) is 5.02 Å². The number of rotatable bonds is 4. The molecule has 0 radical (unpaired) electrons. The SMILES string of the molecule is COc1nc(N2CC[C@@H](C#N)C2)cc2c1c(=O)n(-c1cncc(Cl)c1)c(=O)n2-c1ccc(F)c(F)c1. The zero-order valence-electron chi connectivity index (χ0n) is 18.8. The Morgan fingerprint density at radius 3 is 2.58 bits per heavy atom. The van der Waals surface area contributed by atoms with E-state index in [1.165, 1.54) is 37.7 Å². The standard InChI is InChI=1S/C24H17ClF2N6O3/c1-36-22-21-19(8-20(30-22)31-5-4-13(9-28)12-31)32(15-2-3-17(26)18(27)7-15)24(35)33(23(21)34)16-6-14(25)10-29-11-16/h2-3,6-8,10-11,13H,4-5,12H2,1H3/t13-/m0/s1. The molecule has 36 heavy (non-hydrogen) atoms. The number of anilines is 1. The number of hydrogen-bond acceptors (Lipinski definition) is 7. The summed E-state index contributed by atoms with van der Waals surface area (Å²) < 4.78 is 35.3. The van der Waals surface area contributed by atoms with Crippen molar-refractivity contribution in [2.45, 2.75) is 6.42 Å². The van der Waals surface area contributed by atoms with Gasteiger partial charge < -0.3 is 9.64 Å². The fraction of sp³-hybridized carbons (Fsp3) is 0.208. The summed E-state index contributed by atoms with van der Waals surface area (Å²) >= 11 is 6.04. The van der Waals surface area contributed by atoms with E-state index in [2.05, 4.69) is 16.0 Å². The molecule has 5 rings (SSSR count). The van der Waals surface area contributed by atoms with Crippen LogP contribution < -0.4 is 20.9 Å². The number of pyridine rings is 2. The summed E-state index contributed by atoms with van der Waals surface area (Å²) in [6, 6.07) is 8.06. The summed E-state index contributed by atoms with van der Waals surface area (Å²) in [5, 5.41) is 9.40. The highest BCUT2D eigenvalue weighted by Crippen LogP contribution is 2.30. The molecule has 1 fully saturated rings. The van der Waals surface area contributed by atoms with Crippen molar-refractivity contribution in [3.8, 4) is 23.3 Å². The van der Waals surface area contributed by atoms with Crippen molar-refractivity contribution < 1.29 is 13.5 Å². The van der Waals surface area contributed by atoms with E-state index >= 15 is 0 Å². The van der Waals surface area contributed by atoms with E-state index in [0.717, 1.165) is 21.3 Å². The highest BCUT2D eigenvalue weighted by molar-refractivity contribution is 6.30. The molecule has 1 atom stereocenters. The maximum absolute atomic E-state index is 14.2. The molecule has 1 aliphatic rings. The van der Waals surface area contributed by atoms with Gasteiger partial charge in [0.25, 0.3) is 5.56 Å². The van der Waals surface area contributed by atoms with E-state index in [4.69, 9.17) is 16.3 Å². The van der Waals surface area contributed by atoms with Gasteiger partial charge in [-0.05, 0) is 24.6 Å². The van der Waals surface area contributed by atoms with Gasteiger partial charge in [-0.3, -0.25) is 14.3 Å². The summed E-state index contributed by atoms with van der Waals surface area (Å²) in [5.74, 6) is -2.18. The molecule has 0 N–H and O–H groups in total. The van der Waals surface area contributed by atoms with E-state index in [0.29, 0.717) is 25.3 Å². The first-order chi connectivity index (χ1) is 17.3. The molecule has 182 valence electrons. The Bertz CT molecular complexity index is 1680. The zero-order valence-corrected chi connectivity index (χ0v) is 19.5. The molecular weight excluding hydrogens is 494 g/mol. The van der Waals surface area contributed by atoms with Crippen LogP contribution in [0.25, 0.3) is 22.3 Å². The molecule has 0 aliphatic carbocycles. The first kappa shape index (κ1) is 23.4. The van der Waals surface area contributed by atoms with Crippen LogP contribution >= 0.6 is 11.6 Å². The minimum Gasteiger partial charge on any atom is -0.480 e. The monoisotopic (exact) mass is 510 g/mol. The van der Waals surface area contributed by atoms with Crippen LogP contribution in [0.4, 0.5) is 14.6 Å². The van der Waals surface area contributed by atoms with Crippen molar-refractivity contribution in [1.29, 1.82) is 5.26 Å². The molecule has 4 heterocycles. The molecule has 1 aromatic carbocycles. The predicted molar refractivity (Wildman–Crippen MR) is 128 cm³/mol. The number of nitriles is 1. The Balaban J connectivity index is 1.90. The van der Waals surface area contributed by atoms with Gasteiger partial charge in [-0.25, -0.2) is 18.1 Å². The molecule has 0 bridgehead atoms. The lowest BCUT2D eigenvalue weighted by atomic mass is 10.1. The number of hydrogen-bond donors (Lipinski definition) is 0. The van der Waals surface area contributed by atoms with Gasteiger partial charge in [0.15, 0.2) is 11.6 Å². The van der Waals surface area contributed by atoms with Crippen molar-refractivity contribution in [1.82, 2.24) is 19.1 Å². The molecule has 3 aromatic heterocycles. The molecule has 0 spiro atoms. The highest BCUT2D eigenvalue weighted by Gasteiger charge is 2.27. The third-order valence-electron chi connectivity index (χ3n) is 5.99. The van der Waals surface area contributed by atoms with Gasteiger partial charge in [-0.1, -0.05) is 11.6 Å². The van der Waals surface area contributed by atoms with Crippen LogP contribution in [0, 0.1) is 28.9 Å². The highest BCUT2D eigenvalue weighted by atomic mass is 35.5. The third-order valence-corrected chi connectivity index (χ3v) is 6.20. The lowest BCUT2D eigenvalue weighted by molar-refractivity contribution is 0.402. The number of aromatic nitrogens is 4. The van der Waals surface area contributed by atoms with Crippen LogP contribution in [0.5, 0.6) is 5.88 Å². The predicted octanol–water partition coefficient (Wildman–Crippen LogP) is 3.22. The summed E-state index contributed by atoms with van der Waals surface area (Å²) in [6.07, 6.45) is 3.23. The van der Waals surface area contributed by atoms with Crippen LogP contribution in [0.3, 0.4) is 0 Å². The third kappa shape index (κ3) is 3.85. The Morgan fingerprint density at radius 1 is 1.11 bits per heavy atom. The normalized spacial score (nSPS) is 15.3. The van der Waals surface area contributed by atoms with E-state index in [1.807, 2.05) is 4.90 Å². The van der Waals surface area contributed by atoms with Crippen LogP contribution in [-0.2, 0) is 0 Å². The summed E-state index contributed by atoms with van der Waals surface area (Å²) in [5.41, 5.74) is -1.51. The molecule has 0 amide bonds. The van der Waals surface area contributed by atoms with Crippen molar-refractivity contribution >= 4 is 28.3 Å². The first-order valence-electron chi connectivity index (χ1n) is 10.8. The van der Waals surface area contributed by atoms with Gasteiger partial charge in [0.2, 0.25) is 5.88 Å². The Labute approximate surface area is 207 Å². The molecule has 9 nitrogen and oxygen atoms in total. The maximum atomic E-state index is 14.2. The minimum atomic E-state index is -1.17. The molecule has 12 heteroatoms. The van der Waals surface area contributed by atoms with Gasteiger partial charge >= 0.3 is 5.69 Å². The van der Waals surface area contributed by atoms with Crippen molar-refractivity contribution in [2.24, 2.45) is 5.92 Å². The van der Waals surface area contributed by atoms with Gasteiger partial charge in [0.05, 0.1) is 47.2 Å². The molecule has 0 saturated carbocycles. The fourth-order valence-corrected chi connectivity index (χ4v) is 4.45. The second kappa shape index (κ2) is 9.05. The van der Waals surface area contributed by atoms with E-state index < -0.39 is 22.9 Å². The number of benzene rings is 1. The maximum Gasteiger partial charge on any atom is 0.340 e. The average Bonchev–Trinajstić information content (AvgIpc) is 3.35. The second-order valence-corrected chi connectivity index (χ2v) is 8.60. The number of methoxy groups -OCH3 is 1. The Morgan fingerprint density at radius 2 is 1.92 bits per heavy atom. The van der Waals surface area contributed by atoms with Crippen molar-refractivity contribution in [3.05, 3.63) is 80.2 Å². The van der Waals surface area contributed by atoms with Gasteiger partial charge in [0.1, 0.15) is 11.2 Å². The molecule has 4 aromatic rings. The zero-order chi connectivity index (χ0) is 25.6. The summed E-state index contributed by atoms with van der Waals surface area (Å²) in [6.45, 7) is 0.930. The quantitative estimate of drug-likeness (QED) is 0.415. The summed E-state index contributed by atoms with van der Waals surface area (Å²) in [4.78, 5) is 37.7. The smallest absolute Gasteiger partial charge is 0.340 e. The molecule has 1 saturated heterocycles. The Hall–Kier alpha value is -4.30. The second-order valence-electron chi connectivity index (χ2n) is 8.16. The van der Waals surface area contributed by atoms with Crippen LogP contribution in [-0.4, -0.2) is 39.3 Å². The van der Waals surface area contributed by atoms with Crippen LogP contribution in [0.15, 0.2) is 52.3 Å². The van der Waals surface area contributed by atoms with Crippen molar-refractivity contribution in [3.63, 3.8) is 0 Å². The molecule has 1 aliphatic heterocycles. The topological polar surface area (TPSA) is 106 Å². The number of fused-ring (bicyclic) bond motifs is 1. The van der Waals surface area contributed by atoms with Gasteiger partial charge in [-0.15, -0.1) is 0 Å². The van der Waals surface area contributed by atoms with Crippen LogP contribution in [0.1, 0.15) is 6.42 Å². The lowest BCUT2D eigenvalue weighted by Crippen LogP contribution is -2.39. The minimum absolute atomic E-state index is 0.0248. The van der Waals surface area contributed by atoms with Crippen molar-refractivity contribution in [2.75, 3.05) is 25.1 Å². The lowest BCUT2D eigenvalue weighted by Gasteiger charge is -2.20. The van der Waals surface area contributed by atoms with E-state index in [1.54, 1.807) is 0 Å². The van der Waals surface area contributed by atoms with E-state index in [9.17, 15) is 23.6 Å². The fourth-order valence-electron chi connectivity index (χ4n) is 4.28. The first-order valence-corrected chi connectivity index (χ1v) is 11.2. The molecular formula is C24H17ClF2N6O3. The number of halogens is 3. The Kier molecular flexibility index (Phi) is 5.89. The summed E-state index contributed by atoms with van der Waals surface area (Å²) in [7, 11) is 1.32. The number of nitrogens with zero attached hydrogens (tertiary/aromatic N) is 6. The van der Waals surface area contributed by atoms with E-state index in [-0.39, 0.29) is 39.1 Å². The largest absolute Gasteiger partial charge is 0.480 e.